The first-order valence-corrected chi connectivity index (χ1v) is 8.56. The minimum atomic E-state index is -0.250. The molecule has 0 saturated heterocycles. The van der Waals surface area contributed by atoms with Crippen molar-refractivity contribution in [1.29, 1.82) is 0 Å². The van der Waals surface area contributed by atoms with Crippen LogP contribution in [0, 0.1) is 0 Å². The van der Waals surface area contributed by atoms with E-state index in [1.807, 2.05) is 55.5 Å². The molecular formula is C18H19N3O2S. The number of imidazole rings is 1. The van der Waals surface area contributed by atoms with Crippen LogP contribution in [0.25, 0.3) is 11.0 Å². The van der Waals surface area contributed by atoms with Gasteiger partial charge in [0, 0.05) is 12.1 Å². The van der Waals surface area contributed by atoms with Crippen LogP contribution < -0.4 is 10.1 Å². The van der Waals surface area contributed by atoms with Gasteiger partial charge in [0.15, 0.2) is 5.16 Å². The van der Waals surface area contributed by atoms with Gasteiger partial charge in [-0.15, -0.1) is 0 Å². The summed E-state index contributed by atoms with van der Waals surface area (Å²) in [5.41, 5.74) is 2.83. The number of hydrogen-bond acceptors (Lipinski definition) is 4. The van der Waals surface area contributed by atoms with Crippen LogP contribution in [-0.4, -0.2) is 28.2 Å². The summed E-state index contributed by atoms with van der Waals surface area (Å²) >= 11 is 1.41. The predicted molar refractivity (Wildman–Crippen MR) is 96.3 cm³/mol. The van der Waals surface area contributed by atoms with Crippen molar-refractivity contribution < 1.29 is 9.53 Å². The molecule has 1 amide bonds. The molecule has 1 aromatic heterocycles. The van der Waals surface area contributed by atoms with E-state index in [1.54, 1.807) is 7.11 Å². The highest BCUT2D eigenvalue weighted by Gasteiger charge is 2.16. The van der Waals surface area contributed by atoms with Gasteiger partial charge in [-0.2, -0.15) is 0 Å². The molecule has 3 aromatic rings. The van der Waals surface area contributed by atoms with Gasteiger partial charge in [0.2, 0.25) is 5.91 Å². The lowest BCUT2D eigenvalue weighted by Crippen LogP contribution is -2.30. The first kappa shape index (κ1) is 16.4. The molecule has 124 valence electrons. The van der Waals surface area contributed by atoms with E-state index in [1.165, 1.54) is 11.8 Å². The molecule has 0 aliphatic carbocycles. The first-order valence-electron chi connectivity index (χ1n) is 7.68. The van der Waals surface area contributed by atoms with E-state index in [2.05, 4.69) is 15.3 Å². The van der Waals surface area contributed by atoms with Crippen molar-refractivity contribution in [3.05, 3.63) is 54.1 Å². The number of nitrogens with one attached hydrogen (secondary N) is 2. The van der Waals surface area contributed by atoms with E-state index < -0.39 is 0 Å². The van der Waals surface area contributed by atoms with Gasteiger partial charge in [-0.1, -0.05) is 42.1 Å². The fourth-order valence-corrected chi connectivity index (χ4v) is 3.23. The molecule has 2 aromatic carbocycles. The molecule has 0 fully saturated rings. The fraction of sp³-hybridized carbons (Fsp3) is 0.222. The monoisotopic (exact) mass is 341 g/mol. The molecule has 24 heavy (non-hydrogen) atoms. The highest BCUT2D eigenvalue weighted by Crippen LogP contribution is 2.23. The number of carbonyl (C=O) groups excluding carboxylic acids is 1. The van der Waals surface area contributed by atoms with Crippen molar-refractivity contribution >= 4 is 28.7 Å². The molecule has 0 radical (unpaired) electrons. The zero-order valence-electron chi connectivity index (χ0n) is 13.6. The molecule has 0 bridgehead atoms. The number of aromatic nitrogens is 2. The van der Waals surface area contributed by atoms with Crippen LogP contribution in [0.5, 0.6) is 5.75 Å². The number of ether oxygens (including phenoxy) is 1. The van der Waals surface area contributed by atoms with Gasteiger partial charge in [-0.05, 0) is 25.1 Å². The molecule has 6 heteroatoms. The number of methoxy groups -OCH3 is 1. The number of aromatic amines is 1. The Labute approximate surface area is 144 Å². The summed E-state index contributed by atoms with van der Waals surface area (Å²) in [6.07, 6.45) is 0. The summed E-state index contributed by atoms with van der Waals surface area (Å²) in [5, 5.41) is 3.44. The molecular weight excluding hydrogens is 322 g/mol. The Balaban J connectivity index is 1.60. The Hall–Kier alpha value is -2.47. The van der Waals surface area contributed by atoms with E-state index in [9.17, 15) is 4.79 Å². The largest absolute Gasteiger partial charge is 0.496 e. The van der Waals surface area contributed by atoms with Crippen LogP contribution in [0.15, 0.2) is 53.7 Å². The van der Waals surface area contributed by atoms with Gasteiger partial charge in [0.25, 0.3) is 0 Å². The second-order valence-electron chi connectivity index (χ2n) is 5.35. The molecule has 0 saturated carbocycles. The van der Waals surface area contributed by atoms with Crippen LogP contribution in [0.2, 0.25) is 0 Å². The van der Waals surface area contributed by atoms with Gasteiger partial charge >= 0.3 is 0 Å². The number of hydrogen-bond donors (Lipinski definition) is 2. The topological polar surface area (TPSA) is 67.0 Å². The lowest BCUT2D eigenvalue weighted by Gasteiger charge is -2.12. The maximum Gasteiger partial charge on any atom is 0.233 e. The standard InChI is InChI=1S/C18H19N3O2S/c1-12(24-18-20-14-8-4-5-9-15(14)21-18)17(22)19-11-13-7-3-6-10-16(13)23-2/h3-10,12H,11H2,1-2H3,(H,19,22)(H,20,21)/t12-/m0/s1. The molecule has 0 unspecified atom stereocenters. The average molecular weight is 341 g/mol. The number of benzene rings is 2. The highest BCUT2D eigenvalue weighted by molar-refractivity contribution is 8.00. The second kappa shape index (κ2) is 7.40. The molecule has 0 aliphatic heterocycles. The first-order chi connectivity index (χ1) is 11.7. The van der Waals surface area contributed by atoms with Crippen LogP contribution in [-0.2, 0) is 11.3 Å². The summed E-state index contributed by atoms with van der Waals surface area (Å²) < 4.78 is 5.30. The van der Waals surface area contributed by atoms with Crippen LogP contribution in [0.1, 0.15) is 12.5 Å². The second-order valence-corrected chi connectivity index (χ2v) is 6.68. The van der Waals surface area contributed by atoms with Crippen molar-refractivity contribution in [2.24, 2.45) is 0 Å². The number of carbonyl (C=O) groups is 1. The Kier molecular flexibility index (Phi) is 5.05. The number of amides is 1. The Morgan fingerprint density at radius 2 is 2.00 bits per heavy atom. The highest BCUT2D eigenvalue weighted by atomic mass is 32.2. The van der Waals surface area contributed by atoms with Crippen molar-refractivity contribution in [2.75, 3.05) is 7.11 Å². The van der Waals surface area contributed by atoms with Gasteiger partial charge in [-0.25, -0.2) is 4.98 Å². The lowest BCUT2D eigenvalue weighted by molar-refractivity contribution is -0.120. The lowest BCUT2D eigenvalue weighted by atomic mass is 10.2. The number of nitrogens with zero attached hydrogens (tertiary/aromatic N) is 1. The van der Waals surface area contributed by atoms with Crippen LogP contribution >= 0.6 is 11.8 Å². The predicted octanol–water partition coefficient (Wildman–Crippen LogP) is 3.37. The van der Waals surface area contributed by atoms with E-state index in [0.29, 0.717) is 6.54 Å². The van der Waals surface area contributed by atoms with E-state index in [0.717, 1.165) is 27.5 Å². The minimum Gasteiger partial charge on any atom is -0.496 e. The van der Waals surface area contributed by atoms with E-state index in [-0.39, 0.29) is 11.2 Å². The molecule has 1 heterocycles. The summed E-state index contributed by atoms with van der Waals surface area (Å²) in [4.78, 5) is 20.0. The average Bonchev–Trinajstić information content (AvgIpc) is 3.02. The summed E-state index contributed by atoms with van der Waals surface area (Å²) in [6, 6.07) is 15.5. The number of thioether (sulfide) groups is 1. The van der Waals surface area contributed by atoms with Crippen LogP contribution in [0.3, 0.4) is 0 Å². The van der Waals surface area contributed by atoms with Crippen molar-refractivity contribution in [3.63, 3.8) is 0 Å². The van der Waals surface area contributed by atoms with Crippen molar-refractivity contribution in [2.45, 2.75) is 23.9 Å². The molecule has 0 aliphatic rings. The van der Waals surface area contributed by atoms with E-state index >= 15 is 0 Å². The number of H-pyrrole nitrogens is 1. The molecule has 5 nitrogen and oxygen atoms in total. The number of para-hydroxylation sites is 3. The number of rotatable bonds is 6. The third-order valence-electron chi connectivity index (χ3n) is 3.67. The molecule has 2 N–H and O–H groups in total. The van der Waals surface area contributed by atoms with Gasteiger partial charge in [-0.3, -0.25) is 4.79 Å². The Bertz CT molecular complexity index is 814. The third kappa shape index (κ3) is 3.71. The van der Waals surface area contributed by atoms with Crippen LogP contribution in [0.4, 0.5) is 0 Å². The Morgan fingerprint density at radius 1 is 1.25 bits per heavy atom. The zero-order chi connectivity index (χ0) is 16.9. The quantitative estimate of drug-likeness (QED) is 0.675. The number of fused-ring (bicyclic) bond motifs is 1. The zero-order valence-corrected chi connectivity index (χ0v) is 14.4. The molecule has 1 atom stereocenters. The van der Waals surface area contributed by atoms with Gasteiger partial charge in [0.1, 0.15) is 5.75 Å². The van der Waals surface area contributed by atoms with Gasteiger partial charge < -0.3 is 15.0 Å². The fourth-order valence-electron chi connectivity index (χ4n) is 2.38. The smallest absolute Gasteiger partial charge is 0.233 e. The summed E-state index contributed by atoms with van der Waals surface area (Å²) in [5.74, 6) is 0.738. The Morgan fingerprint density at radius 3 is 2.79 bits per heavy atom. The summed E-state index contributed by atoms with van der Waals surface area (Å²) in [7, 11) is 1.63. The maximum atomic E-state index is 12.3. The SMILES string of the molecule is COc1ccccc1CNC(=O)[C@H](C)Sc1nc2ccccc2[nH]1. The molecule has 0 spiro atoms. The van der Waals surface area contributed by atoms with Gasteiger partial charge in [0.05, 0.1) is 23.4 Å². The minimum absolute atomic E-state index is 0.0358. The normalized spacial score (nSPS) is 12.1. The molecule has 3 rings (SSSR count). The summed E-state index contributed by atoms with van der Waals surface area (Å²) in [6.45, 7) is 2.31. The van der Waals surface area contributed by atoms with E-state index in [4.69, 9.17) is 4.74 Å². The van der Waals surface area contributed by atoms with Crippen molar-refractivity contribution in [1.82, 2.24) is 15.3 Å². The van der Waals surface area contributed by atoms with Crippen molar-refractivity contribution in [3.8, 4) is 5.75 Å². The third-order valence-corrected chi connectivity index (χ3v) is 4.66. The maximum absolute atomic E-state index is 12.3.